The third kappa shape index (κ3) is 4.07. The minimum absolute atomic E-state index is 0. The van der Waals surface area contributed by atoms with Crippen LogP contribution in [0.15, 0.2) is 30.3 Å². The van der Waals surface area contributed by atoms with Crippen molar-refractivity contribution in [2.45, 2.75) is 33.6 Å². The molecular weight excluding hydrogens is 334 g/mol. The first-order valence-electron chi connectivity index (χ1n) is 8.75. The van der Waals surface area contributed by atoms with Crippen LogP contribution in [0.2, 0.25) is 0 Å². The summed E-state index contributed by atoms with van der Waals surface area (Å²) in [6, 6.07) is 10.6. The lowest BCUT2D eigenvalue weighted by molar-refractivity contribution is 0.0941. The summed E-state index contributed by atoms with van der Waals surface area (Å²) in [7, 11) is 0. The predicted molar refractivity (Wildman–Crippen MR) is 105 cm³/mol. The van der Waals surface area contributed by atoms with Crippen molar-refractivity contribution in [3.8, 4) is 5.69 Å². The van der Waals surface area contributed by atoms with E-state index in [-0.39, 0.29) is 18.3 Å². The van der Waals surface area contributed by atoms with Crippen molar-refractivity contribution in [2.75, 3.05) is 19.6 Å². The lowest BCUT2D eigenvalue weighted by atomic mass is 10.0. The van der Waals surface area contributed by atoms with E-state index in [2.05, 4.69) is 60.2 Å². The molecular formula is C20H28ClN3O. The molecule has 25 heavy (non-hydrogen) atoms. The zero-order valence-electron chi connectivity index (χ0n) is 15.4. The van der Waals surface area contributed by atoms with Gasteiger partial charge < -0.3 is 15.2 Å². The Balaban J connectivity index is 0.00000225. The normalized spacial score (nSPS) is 14.1. The number of nitrogens with zero attached hydrogens (tertiary/aromatic N) is 1. The lowest BCUT2D eigenvalue weighted by Gasteiger charge is -2.27. The number of benzene rings is 1. The first-order chi connectivity index (χ1) is 11.5. The molecule has 0 unspecified atom stereocenters. The maximum absolute atomic E-state index is 12.5. The van der Waals surface area contributed by atoms with Gasteiger partial charge in [-0.1, -0.05) is 26.0 Å². The first-order valence-corrected chi connectivity index (χ1v) is 8.75. The minimum atomic E-state index is 0. The molecule has 1 aromatic carbocycles. The molecule has 2 N–H and O–H groups in total. The van der Waals surface area contributed by atoms with E-state index < -0.39 is 0 Å². The summed E-state index contributed by atoms with van der Waals surface area (Å²) >= 11 is 0. The van der Waals surface area contributed by atoms with Gasteiger partial charge in [0.15, 0.2) is 0 Å². The maximum atomic E-state index is 12.5. The number of halogens is 1. The van der Waals surface area contributed by atoms with Crippen molar-refractivity contribution in [1.29, 1.82) is 0 Å². The van der Waals surface area contributed by atoms with Crippen molar-refractivity contribution in [3.63, 3.8) is 0 Å². The van der Waals surface area contributed by atoms with Crippen molar-refractivity contribution in [1.82, 2.24) is 15.2 Å². The van der Waals surface area contributed by atoms with Crippen molar-refractivity contribution >= 4 is 18.3 Å². The Kier molecular flexibility index (Phi) is 6.31. The van der Waals surface area contributed by atoms with Gasteiger partial charge in [0, 0.05) is 42.6 Å². The molecule has 2 aromatic rings. The molecule has 0 bridgehead atoms. The molecule has 1 amide bonds. The SMILES string of the molecule is Cc1cc(C(=O)NCC2CNC2)c(C)n1-c1ccc(C(C)C)cc1.Cl. The van der Waals surface area contributed by atoms with Gasteiger partial charge in [-0.15, -0.1) is 12.4 Å². The van der Waals surface area contributed by atoms with Gasteiger partial charge in [-0.25, -0.2) is 0 Å². The summed E-state index contributed by atoms with van der Waals surface area (Å²) in [5.41, 5.74) is 5.28. The third-order valence-corrected chi connectivity index (χ3v) is 4.91. The van der Waals surface area contributed by atoms with E-state index >= 15 is 0 Å². The highest BCUT2D eigenvalue weighted by atomic mass is 35.5. The number of nitrogens with one attached hydrogen (secondary N) is 2. The number of hydrogen-bond acceptors (Lipinski definition) is 2. The van der Waals surface area contributed by atoms with Crippen LogP contribution < -0.4 is 10.6 Å². The van der Waals surface area contributed by atoms with Gasteiger partial charge in [0.2, 0.25) is 0 Å². The smallest absolute Gasteiger partial charge is 0.253 e. The van der Waals surface area contributed by atoms with Gasteiger partial charge >= 0.3 is 0 Å². The molecule has 1 saturated heterocycles. The quantitative estimate of drug-likeness (QED) is 0.854. The van der Waals surface area contributed by atoms with Crippen LogP contribution in [0.3, 0.4) is 0 Å². The van der Waals surface area contributed by atoms with Gasteiger partial charge in [0.1, 0.15) is 0 Å². The molecule has 5 heteroatoms. The van der Waals surface area contributed by atoms with Crippen LogP contribution in [0, 0.1) is 19.8 Å². The van der Waals surface area contributed by atoms with Crippen LogP contribution in [-0.4, -0.2) is 30.1 Å². The largest absolute Gasteiger partial charge is 0.352 e. The van der Waals surface area contributed by atoms with E-state index in [1.54, 1.807) is 0 Å². The number of aryl methyl sites for hydroxylation is 1. The summed E-state index contributed by atoms with van der Waals surface area (Å²) in [6.45, 7) is 11.2. The molecule has 1 fully saturated rings. The molecule has 1 aromatic heterocycles. The second kappa shape index (κ2) is 8.07. The minimum Gasteiger partial charge on any atom is -0.352 e. The molecule has 0 spiro atoms. The molecule has 2 heterocycles. The molecule has 0 radical (unpaired) electrons. The molecule has 136 valence electrons. The number of aromatic nitrogens is 1. The lowest BCUT2D eigenvalue weighted by Crippen LogP contribution is -2.48. The number of amides is 1. The fourth-order valence-electron chi connectivity index (χ4n) is 3.22. The van der Waals surface area contributed by atoms with E-state index in [1.807, 2.05) is 13.0 Å². The highest BCUT2D eigenvalue weighted by Gasteiger charge is 2.20. The van der Waals surface area contributed by atoms with E-state index in [1.165, 1.54) is 5.56 Å². The number of rotatable bonds is 5. The monoisotopic (exact) mass is 361 g/mol. The van der Waals surface area contributed by atoms with Crippen molar-refractivity contribution in [2.24, 2.45) is 5.92 Å². The maximum Gasteiger partial charge on any atom is 0.253 e. The molecule has 0 saturated carbocycles. The molecule has 0 aliphatic carbocycles. The Morgan fingerprint density at radius 2 is 1.88 bits per heavy atom. The summed E-state index contributed by atoms with van der Waals surface area (Å²) in [4.78, 5) is 12.5. The van der Waals surface area contributed by atoms with E-state index in [0.717, 1.165) is 42.3 Å². The highest BCUT2D eigenvalue weighted by molar-refractivity contribution is 5.95. The Morgan fingerprint density at radius 3 is 2.40 bits per heavy atom. The van der Waals surface area contributed by atoms with Gasteiger partial charge in [-0.05, 0) is 43.5 Å². The zero-order valence-corrected chi connectivity index (χ0v) is 16.2. The molecule has 0 atom stereocenters. The highest BCUT2D eigenvalue weighted by Crippen LogP contribution is 2.23. The standard InChI is InChI=1S/C20H27N3O.ClH/c1-13(2)17-5-7-18(8-6-17)23-14(3)9-19(15(23)4)20(24)22-12-16-10-21-11-16;/h5-9,13,16,21H,10-12H2,1-4H3,(H,22,24);1H. The summed E-state index contributed by atoms with van der Waals surface area (Å²) in [5, 5.41) is 6.29. The van der Waals surface area contributed by atoms with Gasteiger partial charge in [-0.2, -0.15) is 0 Å². The molecule has 1 aliphatic heterocycles. The van der Waals surface area contributed by atoms with Gasteiger partial charge in [-0.3, -0.25) is 4.79 Å². The van der Waals surface area contributed by atoms with Crippen LogP contribution in [0.5, 0.6) is 0 Å². The average molecular weight is 362 g/mol. The zero-order chi connectivity index (χ0) is 17.3. The Morgan fingerprint density at radius 1 is 1.24 bits per heavy atom. The number of carbonyl (C=O) groups excluding carboxylic acids is 1. The third-order valence-electron chi connectivity index (χ3n) is 4.91. The van der Waals surface area contributed by atoms with Crippen LogP contribution >= 0.6 is 12.4 Å². The number of hydrogen-bond donors (Lipinski definition) is 2. The molecule has 3 rings (SSSR count). The summed E-state index contributed by atoms with van der Waals surface area (Å²) in [6.07, 6.45) is 0. The fraction of sp³-hybridized carbons (Fsp3) is 0.450. The van der Waals surface area contributed by atoms with Crippen molar-refractivity contribution in [3.05, 3.63) is 52.8 Å². The van der Waals surface area contributed by atoms with Crippen molar-refractivity contribution < 1.29 is 4.79 Å². The Bertz CT molecular complexity index is 730. The van der Waals surface area contributed by atoms with Crippen LogP contribution in [0.4, 0.5) is 0 Å². The van der Waals surface area contributed by atoms with E-state index in [0.29, 0.717) is 11.8 Å². The van der Waals surface area contributed by atoms with E-state index in [4.69, 9.17) is 0 Å². The Labute approximate surface area is 156 Å². The topological polar surface area (TPSA) is 46.1 Å². The van der Waals surface area contributed by atoms with E-state index in [9.17, 15) is 4.79 Å². The Hall–Kier alpha value is -1.78. The molecule has 4 nitrogen and oxygen atoms in total. The number of carbonyl (C=O) groups is 1. The summed E-state index contributed by atoms with van der Waals surface area (Å²) in [5.74, 6) is 1.12. The molecule has 1 aliphatic rings. The first kappa shape index (κ1) is 19.5. The van der Waals surface area contributed by atoms with Crippen LogP contribution in [-0.2, 0) is 0 Å². The summed E-state index contributed by atoms with van der Waals surface area (Å²) < 4.78 is 2.16. The van der Waals surface area contributed by atoms with Gasteiger partial charge in [0.05, 0.1) is 5.56 Å². The van der Waals surface area contributed by atoms with Crippen LogP contribution in [0.25, 0.3) is 5.69 Å². The average Bonchev–Trinajstić information content (AvgIpc) is 2.80. The second-order valence-electron chi connectivity index (χ2n) is 7.10. The second-order valence-corrected chi connectivity index (χ2v) is 7.10. The predicted octanol–water partition coefficient (Wildman–Crippen LogP) is 3.59. The van der Waals surface area contributed by atoms with Gasteiger partial charge in [0.25, 0.3) is 5.91 Å². The fourth-order valence-corrected chi connectivity index (χ4v) is 3.22. The van der Waals surface area contributed by atoms with Crippen LogP contribution in [0.1, 0.15) is 47.1 Å².